The van der Waals surface area contributed by atoms with Crippen LogP contribution in [0.25, 0.3) is 0 Å². The van der Waals surface area contributed by atoms with Crippen LogP contribution in [0.1, 0.15) is 24.3 Å². The number of hydrogen-bond acceptors (Lipinski definition) is 6. The van der Waals surface area contributed by atoms with Crippen LogP contribution in [-0.2, 0) is 19.0 Å². The Morgan fingerprint density at radius 1 is 1.14 bits per heavy atom. The van der Waals surface area contributed by atoms with Gasteiger partial charge in [0.05, 0.1) is 6.61 Å². The number of carbonyl (C=O) groups is 1. The Labute approximate surface area is 169 Å². The van der Waals surface area contributed by atoms with Gasteiger partial charge >= 0.3 is 0 Å². The lowest BCUT2D eigenvalue weighted by Crippen LogP contribution is -2.67. The molecule has 2 N–H and O–H groups in total. The van der Waals surface area contributed by atoms with Crippen LogP contribution in [0.2, 0.25) is 0 Å². The fourth-order valence-corrected chi connectivity index (χ4v) is 3.68. The fourth-order valence-electron chi connectivity index (χ4n) is 3.68. The summed E-state index contributed by atoms with van der Waals surface area (Å²) in [7, 11) is 0. The first-order chi connectivity index (χ1) is 14.0. The predicted octanol–water partition coefficient (Wildman–Crippen LogP) is 2.08. The number of benzene rings is 2. The third-order valence-corrected chi connectivity index (χ3v) is 5.05. The van der Waals surface area contributed by atoms with Gasteiger partial charge in [-0.25, -0.2) is 0 Å². The number of carbonyl (C=O) groups excluding carboxylic acids is 1. The minimum absolute atomic E-state index is 0.238. The van der Waals surface area contributed by atoms with Crippen molar-refractivity contribution in [2.45, 2.75) is 50.8 Å². The molecule has 29 heavy (non-hydrogen) atoms. The van der Waals surface area contributed by atoms with Crippen LogP contribution in [0.4, 0.5) is 0 Å². The quantitative estimate of drug-likeness (QED) is 0.819. The molecule has 0 saturated carbocycles. The van der Waals surface area contributed by atoms with Crippen molar-refractivity contribution in [2.75, 3.05) is 6.61 Å². The molecule has 6 unspecified atom stereocenters. The summed E-state index contributed by atoms with van der Waals surface area (Å²) in [5.41, 5.74) is 1.88. The van der Waals surface area contributed by atoms with Crippen molar-refractivity contribution >= 4 is 5.91 Å². The summed E-state index contributed by atoms with van der Waals surface area (Å²) in [6.45, 7) is 3.58. The van der Waals surface area contributed by atoms with E-state index in [4.69, 9.17) is 18.9 Å². The average Bonchev–Trinajstić information content (AvgIpc) is 2.71. The topological polar surface area (TPSA) is 86.3 Å². The lowest BCUT2D eigenvalue weighted by Gasteiger charge is -2.47. The van der Waals surface area contributed by atoms with Gasteiger partial charge in [0.1, 0.15) is 30.1 Å². The maximum atomic E-state index is 11.8. The fraction of sp³-hybridized carbons (Fsp3) is 0.409. The van der Waals surface area contributed by atoms with Crippen LogP contribution in [0, 0.1) is 6.92 Å². The maximum absolute atomic E-state index is 11.8. The van der Waals surface area contributed by atoms with E-state index in [0.29, 0.717) is 5.75 Å². The molecule has 2 aliphatic rings. The summed E-state index contributed by atoms with van der Waals surface area (Å²) >= 11 is 0. The molecule has 0 bridgehead atoms. The van der Waals surface area contributed by atoms with Crippen molar-refractivity contribution in [3.63, 3.8) is 0 Å². The van der Waals surface area contributed by atoms with E-state index in [0.717, 1.165) is 11.1 Å². The second-order valence-corrected chi connectivity index (χ2v) is 7.37. The molecule has 4 rings (SSSR count). The summed E-state index contributed by atoms with van der Waals surface area (Å²) in [5.74, 6) is 0.302. The molecule has 2 saturated heterocycles. The van der Waals surface area contributed by atoms with Gasteiger partial charge in [0, 0.05) is 12.5 Å². The summed E-state index contributed by atoms with van der Waals surface area (Å²) in [6.07, 6.45) is -3.70. The maximum Gasteiger partial charge on any atom is 0.223 e. The molecule has 7 heteroatoms. The number of rotatable bonds is 4. The van der Waals surface area contributed by atoms with E-state index in [-0.39, 0.29) is 12.5 Å². The number of hydrogen-bond donors (Lipinski definition) is 2. The minimum Gasteiger partial charge on any atom is -0.463 e. The number of fused-ring (bicyclic) bond motifs is 1. The molecule has 2 aromatic rings. The molecule has 0 aromatic heterocycles. The molecule has 154 valence electrons. The van der Waals surface area contributed by atoms with Gasteiger partial charge in [-0.2, -0.15) is 0 Å². The number of aliphatic hydroxyl groups is 1. The van der Waals surface area contributed by atoms with Crippen LogP contribution >= 0.6 is 0 Å². The van der Waals surface area contributed by atoms with Gasteiger partial charge < -0.3 is 29.4 Å². The summed E-state index contributed by atoms with van der Waals surface area (Å²) in [6, 6.07) is 16.2. The highest BCUT2D eigenvalue weighted by atomic mass is 16.7. The van der Waals surface area contributed by atoms with Gasteiger partial charge in [-0.05, 0) is 24.6 Å². The standard InChI is InChI=1S/C22H25NO6/c1-13-7-6-10-16(11-13)27-22-18(23-14(2)24)19(25)20-17(28-22)12-26-21(29-20)15-8-4-3-5-9-15/h3-11,17-22,25H,12H2,1-2H3,(H,23,24). The van der Waals surface area contributed by atoms with E-state index in [1.807, 2.05) is 55.5 Å². The van der Waals surface area contributed by atoms with E-state index in [1.54, 1.807) is 6.07 Å². The molecular weight excluding hydrogens is 374 g/mol. The van der Waals surface area contributed by atoms with Crippen LogP contribution in [0.5, 0.6) is 5.75 Å². The number of aryl methyl sites for hydroxylation is 1. The Morgan fingerprint density at radius 2 is 1.93 bits per heavy atom. The highest BCUT2D eigenvalue weighted by molar-refractivity contribution is 5.73. The predicted molar refractivity (Wildman–Crippen MR) is 104 cm³/mol. The van der Waals surface area contributed by atoms with Crippen molar-refractivity contribution in [1.82, 2.24) is 5.32 Å². The van der Waals surface area contributed by atoms with E-state index < -0.39 is 36.9 Å². The lowest BCUT2D eigenvalue weighted by molar-refractivity contribution is -0.333. The Kier molecular flexibility index (Phi) is 5.82. The molecular formula is C22H25NO6. The number of nitrogens with one attached hydrogen (secondary N) is 1. The van der Waals surface area contributed by atoms with E-state index in [1.165, 1.54) is 6.92 Å². The molecule has 0 aliphatic carbocycles. The van der Waals surface area contributed by atoms with Crippen molar-refractivity contribution in [2.24, 2.45) is 0 Å². The first-order valence-electron chi connectivity index (χ1n) is 9.67. The van der Waals surface area contributed by atoms with Crippen molar-refractivity contribution in [3.05, 3.63) is 65.7 Å². The zero-order valence-corrected chi connectivity index (χ0v) is 16.4. The van der Waals surface area contributed by atoms with Crippen LogP contribution in [0.15, 0.2) is 54.6 Å². The molecule has 2 fully saturated rings. The summed E-state index contributed by atoms with van der Waals surface area (Å²) in [4.78, 5) is 11.8. The molecule has 0 spiro atoms. The van der Waals surface area contributed by atoms with E-state index in [9.17, 15) is 9.90 Å². The smallest absolute Gasteiger partial charge is 0.223 e. The van der Waals surface area contributed by atoms with Crippen molar-refractivity contribution in [1.29, 1.82) is 0 Å². The Bertz CT molecular complexity index is 844. The molecule has 0 radical (unpaired) electrons. The number of amides is 1. The van der Waals surface area contributed by atoms with Crippen LogP contribution in [-0.4, -0.2) is 48.3 Å². The third kappa shape index (κ3) is 4.43. The van der Waals surface area contributed by atoms with Gasteiger partial charge in [0.2, 0.25) is 12.2 Å². The normalized spacial score (nSPS) is 31.6. The Morgan fingerprint density at radius 3 is 2.66 bits per heavy atom. The molecule has 2 aliphatic heterocycles. The van der Waals surface area contributed by atoms with Crippen molar-refractivity contribution < 1.29 is 28.8 Å². The molecule has 7 nitrogen and oxygen atoms in total. The van der Waals surface area contributed by atoms with Crippen LogP contribution < -0.4 is 10.1 Å². The molecule has 2 aromatic carbocycles. The van der Waals surface area contributed by atoms with E-state index >= 15 is 0 Å². The van der Waals surface area contributed by atoms with Crippen LogP contribution in [0.3, 0.4) is 0 Å². The van der Waals surface area contributed by atoms with Gasteiger partial charge in [0.25, 0.3) is 0 Å². The SMILES string of the molecule is CC(=O)NC1C(Oc2cccc(C)c2)OC2COC(c3ccccc3)OC2C1O. The summed E-state index contributed by atoms with van der Waals surface area (Å²) < 4.78 is 23.9. The second kappa shape index (κ2) is 8.51. The Balaban J connectivity index is 1.54. The number of ether oxygens (including phenoxy) is 4. The third-order valence-electron chi connectivity index (χ3n) is 5.05. The second-order valence-electron chi connectivity index (χ2n) is 7.37. The average molecular weight is 399 g/mol. The minimum atomic E-state index is -1.03. The lowest BCUT2D eigenvalue weighted by atomic mass is 9.95. The van der Waals surface area contributed by atoms with Gasteiger partial charge in [-0.15, -0.1) is 0 Å². The zero-order chi connectivity index (χ0) is 20.4. The number of aliphatic hydroxyl groups excluding tert-OH is 1. The van der Waals surface area contributed by atoms with Crippen molar-refractivity contribution in [3.8, 4) is 5.75 Å². The first kappa shape index (κ1) is 19.8. The highest BCUT2D eigenvalue weighted by Crippen LogP contribution is 2.34. The highest BCUT2D eigenvalue weighted by Gasteiger charge is 2.50. The molecule has 1 amide bonds. The Hall–Kier alpha value is -2.45. The largest absolute Gasteiger partial charge is 0.463 e. The molecule has 6 atom stereocenters. The summed E-state index contributed by atoms with van der Waals surface area (Å²) in [5, 5.41) is 13.8. The monoisotopic (exact) mass is 399 g/mol. The zero-order valence-electron chi connectivity index (χ0n) is 16.4. The van der Waals surface area contributed by atoms with Gasteiger partial charge in [-0.1, -0.05) is 42.5 Å². The van der Waals surface area contributed by atoms with Gasteiger partial charge in [0.15, 0.2) is 6.29 Å². The van der Waals surface area contributed by atoms with Gasteiger partial charge in [-0.3, -0.25) is 4.79 Å². The van der Waals surface area contributed by atoms with E-state index in [2.05, 4.69) is 5.32 Å². The molecule has 2 heterocycles. The first-order valence-corrected chi connectivity index (χ1v) is 9.67.